The number of carbonyl (C=O) groups excluding carboxylic acids is 1. The van der Waals surface area contributed by atoms with Gasteiger partial charge in [-0.15, -0.1) is 0 Å². The molecule has 0 bridgehead atoms. The maximum atomic E-state index is 12.5. The van der Waals surface area contributed by atoms with E-state index in [2.05, 4.69) is 34.9 Å². The van der Waals surface area contributed by atoms with E-state index in [4.69, 9.17) is 9.97 Å². The van der Waals surface area contributed by atoms with Crippen LogP contribution in [0.25, 0.3) is 0 Å². The first-order valence-corrected chi connectivity index (χ1v) is 11.9. The van der Waals surface area contributed by atoms with Gasteiger partial charge in [-0.05, 0) is 76.3 Å². The van der Waals surface area contributed by atoms with Crippen LogP contribution in [-0.4, -0.2) is 42.2 Å². The fourth-order valence-corrected chi connectivity index (χ4v) is 4.92. The molecule has 0 saturated heterocycles. The molecule has 2 aromatic rings. The Balaban J connectivity index is 1.31. The highest BCUT2D eigenvalue weighted by Gasteiger charge is 2.25. The van der Waals surface area contributed by atoms with Crippen molar-refractivity contribution >= 4 is 23.5 Å². The highest BCUT2D eigenvalue weighted by atomic mass is 16.2. The van der Waals surface area contributed by atoms with E-state index in [1.165, 1.54) is 24.1 Å². The third kappa shape index (κ3) is 5.14. The molecule has 1 heterocycles. The predicted octanol–water partition coefficient (Wildman–Crippen LogP) is 4.58. The molecule has 0 atom stereocenters. The Bertz CT molecular complexity index is 945. The van der Waals surface area contributed by atoms with Gasteiger partial charge in [0, 0.05) is 37.4 Å². The Morgan fingerprint density at radius 2 is 1.62 bits per heavy atom. The lowest BCUT2D eigenvalue weighted by atomic mass is 9.91. The zero-order chi connectivity index (χ0) is 22.7. The average Bonchev–Trinajstić information content (AvgIpc) is 2.77. The minimum Gasteiger partial charge on any atom is -0.362 e. The number of carbonyl (C=O) groups is 1. The lowest BCUT2D eigenvalue weighted by molar-refractivity contribution is 0.243. The first-order valence-electron chi connectivity index (χ1n) is 11.9. The molecule has 0 radical (unpaired) electrons. The first kappa shape index (κ1) is 22.4. The summed E-state index contributed by atoms with van der Waals surface area (Å²) in [7, 11) is 4.11. The third-order valence-electron chi connectivity index (χ3n) is 6.70. The highest BCUT2D eigenvalue weighted by Crippen LogP contribution is 2.29. The van der Waals surface area contributed by atoms with Gasteiger partial charge in [0.1, 0.15) is 5.82 Å². The van der Waals surface area contributed by atoms with Crippen molar-refractivity contribution in [2.45, 2.75) is 77.3 Å². The van der Waals surface area contributed by atoms with Crippen LogP contribution < -0.4 is 20.9 Å². The molecule has 7 nitrogen and oxygen atoms in total. The summed E-state index contributed by atoms with van der Waals surface area (Å²) in [4.78, 5) is 24.3. The van der Waals surface area contributed by atoms with Crippen molar-refractivity contribution in [2.24, 2.45) is 0 Å². The summed E-state index contributed by atoms with van der Waals surface area (Å²) in [6.45, 7) is 4.04. The number of aromatic nitrogens is 2. The van der Waals surface area contributed by atoms with Crippen molar-refractivity contribution in [1.82, 2.24) is 15.3 Å². The van der Waals surface area contributed by atoms with E-state index >= 15 is 0 Å². The van der Waals surface area contributed by atoms with Crippen LogP contribution in [-0.2, 0) is 12.8 Å². The number of hydrogen-bond donors (Lipinski definition) is 3. The second kappa shape index (κ2) is 9.76. The van der Waals surface area contributed by atoms with Gasteiger partial charge in [0.15, 0.2) is 0 Å². The Labute approximate surface area is 191 Å². The normalized spacial score (nSPS) is 20.2. The quantitative estimate of drug-likeness (QED) is 0.639. The van der Waals surface area contributed by atoms with Crippen molar-refractivity contribution < 1.29 is 4.79 Å². The van der Waals surface area contributed by atoms with E-state index in [1.807, 2.05) is 32.0 Å². The Morgan fingerprint density at radius 1 is 0.969 bits per heavy atom. The van der Waals surface area contributed by atoms with Crippen LogP contribution in [0.4, 0.5) is 22.2 Å². The van der Waals surface area contributed by atoms with Gasteiger partial charge in [-0.2, -0.15) is 4.98 Å². The SMILES string of the molecule is Cc1cccc(C)c1NC(=O)NC1CCC(Nc2nc3c(c(N(C)C)n2)CCCC3)CC1. The number of amides is 2. The van der Waals surface area contributed by atoms with Gasteiger partial charge in [-0.3, -0.25) is 0 Å². The fraction of sp³-hybridized carbons (Fsp3) is 0.560. The van der Waals surface area contributed by atoms with Gasteiger partial charge in [-0.1, -0.05) is 18.2 Å². The molecule has 1 aromatic heterocycles. The molecule has 0 unspecified atom stereocenters. The van der Waals surface area contributed by atoms with E-state index in [9.17, 15) is 4.79 Å². The number of para-hydroxylation sites is 1. The summed E-state index contributed by atoms with van der Waals surface area (Å²) in [5.41, 5.74) is 5.58. The Hall–Kier alpha value is -2.83. The molecule has 3 N–H and O–H groups in total. The predicted molar refractivity (Wildman–Crippen MR) is 131 cm³/mol. The van der Waals surface area contributed by atoms with Crippen LogP contribution in [0.1, 0.15) is 60.9 Å². The maximum absolute atomic E-state index is 12.5. The molecule has 2 amide bonds. The molecule has 1 saturated carbocycles. The van der Waals surface area contributed by atoms with E-state index in [0.29, 0.717) is 6.04 Å². The number of hydrogen-bond acceptors (Lipinski definition) is 5. The molecule has 2 aliphatic carbocycles. The Kier molecular flexibility index (Phi) is 6.82. The largest absolute Gasteiger partial charge is 0.362 e. The molecular weight excluding hydrogens is 400 g/mol. The molecule has 0 aliphatic heterocycles. The van der Waals surface area contributed by atoms with Crippen LogP contribution in [0, 0.1) is 13.8 Å². The van der Waals surface area contributed by atoms with Crippen LogP contribution >= 0.6 is 0 Å². The van der Waals surface area contributed by atoms with Gasteiger partial charge in [0.25, 0.3) is 0 Å². The van der Waals surface area contributed by atoms with E-state index in [1.54, 1.807) is 0 Å². The number of anilines is 3. The second-order valence-electron chi connectivity index (χ2n) is 9.46. The summed E-state index contributed by atoms with van der Waals surface area (Å²) in [5, 5.41) is 9.77. The monoisotopic (exact) mass is 436 g/mol. The van der Waals surface area contributed by atoms with Crippen molar-refractivity contribution in [3.05, 3.63) is 40.6 Å². The van der Waals surface area contributed by atoms with Crippen LogP contribution in [0.15, 0.2) is 18.2 Å². The molecule has 7 heteroatoms. The maximum Gasteiger partial charge on any atom is 0.319 e. The second-order valence-corrected chi connectivity index (χ2v) is 9.46. The number of urea groups is 1. The topological polar surface area (TPSA) is 82.2 Å². The summed E-state index contributed by atoms with van der Waals surface area (Å²) in [6.07, 6.45) is 8.42. The summed E-state index contributed by atoms with van der Waals surface area (Å²) >= 11 is 0. The number of nitrogens with one attached hydrogen (secondary N) is 3. The fourth-order valence-electron chi connectivity index (χ4n) is 4.92. The van der Waals surface area contributed by atoms with Crippen LogP contribution in [0.5, 0.6) is 0 Å². The molecule has 2 aliphatic rings. The number of fused-ring (bicyclic) bond motifs is 1. The van der Waals surface area contributed by atoms with Gasteiger partial charge in [-0.25, -0.2) is 9.78 Å². The number of rotatable bonds is 5. The Morgan fingerprint density at radius 3 is 2.31 bits per heavy atom. The number of aryl methyl sites for hydroxylation is 3. The molecular formula is C25H36N6O. The van der Waals surface area contributed by atoms with Crippen LogP contribution in [0.3, 0.4) is 0 Å². The van der Waals surface area contributed by atoms with E-state index in [0.717, 1.165) is 67.1 Å². The molecule has 172 valence electrons. The zero-order valence-corrected chi connectivity index (χ0v) is 19.8. The third-order valence-corrected chi connectivity index (χ3v) is 6.70. The molecule has 0 spiro atoms. The van der Waals surface area contributed by atoms with Crippen molar-refractivity contribution in [2.75, 3.05) is 29.6 Å². The highest BCUT2D eigenvalue weighted by molar-refractivity contribution is 5.91. The lowest BCUT2D eigenvalue weighted by Crippen LogP contribution is -2.42. The molecule has 1 fully saturated rings. The van der Waals surface area contributed by atoms with Gasteiger partial charge < -0.3 is 20.9 Å². The molecule has 32 heavy (non-hydrogen) atoms. The van der Waals surface area contributed by atoms with Gasteiger partial charge >= 0.3 is 6.03 Å². The van der Waals surface area contributed by atoms with E-state index < -0.39 is 0 Å². The van der Waals surface area contributed by atoms with Crippen molar-refractivity contribution in [1.29, 1.82) is 0 Å². The minimum atomic E-state index is -0.118. The summed E-state index contributed by atoms with van der Waals surface area (Å²) < 4.78 is 0. The van der Waals surface area contributed by atoms with Gasteiger partial charge in [0.05, 0.1) is 5.69 Å². The number of benzene rings is 1. The van der Waals surface area contributed by atoms with Crippen molar-refractivity contribution in [3.63, 3.8) is 0 Å². The van der Waals surface area contributed by atoms with E-state index in [-0.39, 0.29) is 12.1 Å². The lowest BCUT2D eigenvalue weighted by Gasteiger charge is -2.30. The first-order chi connectivity index (χ1) is 15.4. The zero-order valence-electron chi connectivity index (χ0n) is 19.8. The average molecular weight is 437 g/mol. The van der Waals surface area contributed by atoms with Crippen LogP contribution in [0.2, 0.25) is 0 Å². The summed E-state index contributed by atoms with van der Waals surface area (Å²) in [5.74, 6) is 1.80. The standard InChI is InChI=1S/C25H36N6O/c1-16-8-7-9-17(2)22(16)29-25(32)27-19-14-12-18(13-15-19)26-24-28-21-11-6-5-10-20(21)23(30-24)31(3)4/h7-9,18-19H,5-6,10-15H2,1-4H3,(H,26,28,30)(H2,27,29,32). The van der Waals surface area contributed by atoms with Gasteiger partial charge in [0.2, 0.25) is 5.95 Å². The minimum absolute atomic E-state index is 0.118. The molecule has 1 aromatic carbocycles. The number of nitrogens with zero attached hydrogens (tertiary/aromatic N) is 3. The summed E-state index contributed by atoms with van der Waals surface area (Å²) in [6, 6.07) is 6.46. The smallest absolute Gasteiger partial charge is 0.319 e. The van der Waals surface area contributed by atoms with Crippen molar-refractivity contribution in [3.8, 4) is 0 Å². The molecule has 4 rings (SSSR count).